The molecule has 22 heteroatoms. The maximum Gasteiger partial charge on any atom is 0.330 e. The summed E-state index contributed by atoms with van der Waals surface area (Å²) in [5, 5.41) is 136. The number of phenolic OH excluding ortho intramolecular Hbond substituents is 3. The third-order valence-electron chi connectivity index (χ3n) is 10.9. The van der Waals surface area contributed by atoms with Crippen molar-refractivity contribution in [3.63, 3.8) is 0 Å². The van der Waals surface area contributed by atoms with Gasteiger partial charge in [0.25, 0.3) is 0 Å². The summed E-state index contributed by atoms with van der Waals surface area (Å²) in [4.78, 5) is 12.8. The summed E-state index contributed by atoms with van der Waals surface area (Å²) < 4.78 is 46.9. The Labute approximate surface area is 362 Å². The van der Waals surface area contributed by atoms with Crippen molar-refractivity contribution in [1.29, 1.82) is 0 Å². The zero-order valence-electron chi connectivity index (χ0n) is 33.4. The van der Waals surface area contributed by atoms with E-state index in [9.17, 15) is 71.2 Å². The van der Waals surface area contributed by atoms with E-state index in [1.54, 1.807) is 0 Å². The Hall–Kier alpha value is -5.15. The van der Waals surface area contributed by atoms with E-state index in [4.69, 9.17) is 37.9 Å². The second-order valence-electron chi connectivity index (χ2n) is 15.3. The quantitative estimate of drug-likeness (QED) is 0.0616. The smallest absolute Gasteiger partial charge is 0.330 e. The molecule has 3 saturated heterocycles. The third-order valence-corrected chi connectivity index (χ3v) is 10.9. The number of rotatable bonds is 13. The molecule has 0 aliphatic carbocycles. The average molecular weight is 905 g/mol. The van der Waals surface area contributed by atoms with E-state index in [1.165, 1.54) is 66.7 Å². The largest absolute Gasteiger partial charge is 0.508 e. The number of fused-ring (bicyclic) bond motifs is 1. The van der Waals surface area contributed by atoms with E-state index in [0.29, 0.717) is 11.1 Å². The molecule has 0 radical (unpaired) electrons. The van der Waals surface area contributed by atoms with Gasteiger partial charge in [-0.2, -0.15) is 0 Å². The summed E-state index contributed by atoms with van der Waals surface area (Å²) in [6.45, 7) is -2.31. The minimum atomic E-state index is -2.02. The minimum Gasteiger partial charge on any atom is -0.508 e. The number of benzene rings is 3. The van der Waals surface area contributed by atoms with E-state index < -0.39 is 130 Å². The third kappa shape index (κ3) is 10.0. The summed E-state index contributed by atoms with van der Waals surface area (Å²) >= 11 is 0. The Bertz CT molecular complexity index is 2110. The number of carbonyl (C=O) groups excluding carboxylic acids is 1. The molecule has 13 N–H and O–H groups in total. The van der Waals surface area contributed by atoms with Crippen LogP contribution in [0.2, 0.25) is 0 Å². The molecule has 1 unspecified atom stereocenters. The molecule has 3 aromatic rings. The molecule has 0 aromatic heterocycles. The standard InChI is InChI=1S/C42H48O22/c43-14-26-30(49)33(52)36(55)40(61-26)59-24-12-21(47)11-23-22(24)13-25(38(58-23)18-4-8-20(46)9-5-18)60-42-39(64-41-37(56)34(53)31(50)27(15-44)62-41)35(54)32(51)28(63-42)16-57-29(48)10-3-17-1-6-19(45)7-2-17/h1-13,26-28,30-47,49-56H,14-16H2/b10-3+/t26-,27-,28-,30+,31+,32+,33-,34-,35-,36+,37-,38?,39+,40+,41-,42+/m0/s1. The van der Waals surface area contributed by atoms with Crippen molar-refractivity contribution in [3.05, 3.63) is 89.2 Å². The number of ether oxygens (including phenoxy) is 8. The van der Waals surface area contributed by atoms with Crippen LogP contribution in [0.1, 0.15) is 22.8 Å². The SMILES string of the molecule is O=C(/C=C/c1ccc(O)cc1)OC[C@@H]1O[C@@H](OC2=Cc3c(cc(O)cc3O[C@@H]3O[C@@H](CO)[C@@H](O)[C@H](O)[C@H]3O)OC2c2ccc(O)cc2)[C@H](O[C@@H]2O[C@@H](CO)[C@@H](O)[C@H](O)[C@@H]2O)[C@@H](O)[C@@H]1O. The van der Waals surface area contributed by atoms with Gasteiger partial charge in [0.2, 0.25) is 12.6 Å². The van der Waals surface area contributed by atoms with Crippen LogP contribution in [0, 0.1) is 0 Å². The summed E-state index contributed by atoms with van der Waals surface area (Å²) in [7, 11) is 0. The van der Waals surface area contributed by atoms with Crippen LogP contribution in [0.15, 0.2) is 72.5 Å². The Morgan fingerprint density at radius 3 is 1.80 bits per heavy atom. The first-order chi connectivity index (χ1) is 30.6. The van der Waals surface area contributed by atoms with Gasteiger partial charge in [-0.05, 0) is 42.0 Å². The van der Waals surface area contributed by atoms with Crippen LogP contribution in [0.5, 0.6) is 28.7 Å². The molecule has 348 valence electrons. The van der Waals surface area contributed by atoms with E-state index in [2.05, 4.69) is 0 Å². The summed E-state index contributed by atoms with van der Waals surface area (Å²) in [5.41, 5.74) is 0.835. The van der Waals surface area contributed by atoms with Gasteiger partial charge in [-0.25, -0.2) is 4.79 Å². The number of hydrogen-bond acceptors (Lipinski definition) is 22. The van der Waals surface area contributed by atoms with Crippen LogP contribution in [-0.2, 0) is 33.2 Å². The summed E-state index contributed by atoms with van der Waals surface area (Å²) in [6, 6.07) is 13.7. The number of aliphatic hydroxyl groups is 10. The van der Waals surface area contributed by atoms with Crippen LogP contribution >= 0.6 is 0 Å². The predicted octanol–water partition coefficient (Wildman–Crippen LogP) is -2.64. The van der Waals surface area contributed by atoms with E-state index in [1.807, 2.05) is 0 Å². The van der Waals surface area contributed by atoms with Crippen molar-refractivity contribution in [2.45, 2.75) is 98.2 Å². The minimum absolute atomic E-state index is 0.00242. The monoisotopic (exact) mass is 904 g/mol. The maximum absolute atomic E-state index is 12.8. The molecule has 0 saturated carbocycles. The van der Waals surface area contributed by atoms with Gasteiger partial charge in [0, 0.05) is 23.8 Å². The fraction of sp³-hybridized carbons (Fsp3) is 0.452. The van der Waals surface area contributed by atoms with E-state index in [-0.39, 0.29) is 34.3 Å². The van der Waals surface area contributed by atoms with E-state index in [0.717, 1.165) is 12.1 Å². The zero-order chi connectivity index (χ0) is 46.0. The van der Waals surface area contributed by atoms with Crippen molar-refractivity contribution >= 4 is 18.1 Å². The number of carbonyl (C=O) groups is 1. The normalized spacial score (nSPS) is 35.2. The van der Waals surface area contributed by atoms with Crippen LogP contribution < -0.4 is 9.47 Å². The highest BCUT2D eigenvalue weighted by atomic mass is 16.8. The van der Waals surface area contributed by atoms with Crippen molar-refractivity contribution in [3.8, 4) is 28.7 Å². The first-order valence-corrected chi connectivity index (χ1v) is 19.9. The molecule has 0 spiro atoms. The summed E-state index contributed by atoms with van der Waals surface area (Å²) in [6.07, 6.45) is -24.4. The lowest BCUT2D eigenvalue weighted by molar-refractivity contribution is -0.364. The fourth-order valence-electron chi connectivity index (χ4n) is 7.31. The number of esters is 1. The molecule has 4 aliphatic rings. The lowest BCUT2D eigenvalue weighted by Gasteiger charge is -2.46. The number of aromatic hydroxyl groups is 3. The molecule has 3 aromatic carbocycles. The molecule has 7 rings (SSSR count). The van der Waals surface area contributed by atoms with Crippen molar-refractivity contribution in [2.24, 2.45) is 0 Å². The van der Waals surface area contributed by atoms with Gasteiger partial charge in [-0.1, -0.05) is 24.3 Å². The Morgan fingerprint density at radius 1 is 0.609 bits per heavy atom. The van der Waals surface area contributed by atoms with Gasteiger partial charge in [0.1, 0.15) is 108 Å². The Kier molecular flexibility index (Phi) is 14.6. The second kappa shape index (κ2) is 19.9. The predicted molar refractivity (Wildman–Crippen MR) is 210 cm³/mol. The first-order valence-electron chi connectivity index (χ1n) is 19.9. The van der Waals surface area contributed by atoms with Crippen molar-refractivity contribution in [2.75, 3.05) is 19.8 Å². The van der Waals surface area contributed by atoms with Gasteiger partial charge in [0.15, 0.2) is 18.5 Å². The number of aliphatic hydroxyl groups excluding tert-OH is 10. The number of hydrogen-bond donors (Lipinski definition) is 13. The molecule has 64 heavy (non-hydrogen) atoms. The van der Waals surface area contributed by atoms with Gasteiger partial charge in [-0.15, -0.1) is 0 Å². The molecule has 3 fully saturated rings. The maximum atomic E-state index is 12.8. The zero-order valence-corrected chi connectivity index (χ0v) is 33.4. The number of phenols is 3. The average Bonchev–Trinajstić information content (AvgIpc) is 3.28. The van der Waals surface area contributed by atoms with E-state index >= 15 is 0 Å². The molecule has 22 nitrogen and oxygen atoms in total. The van der Waals surface area contributed by atoms with Crippen LogP contribution in [0.3, 0.4) is 0 Å². The van der Waals surface area contributed by atoms with Crippen molar-refractivity contribution in [1.82, 2.24) is 0 Å². The van der Waals surface area contributed by atoms with Crippen LogP contribution in [0.25, 0.3) is 12.2 Å². The lowest BCUT2D eigenvalue weighted by atomic mass is 9.97. The second-order valence-corrected chi connectivity index (χ2v) is 15.3. The fourth-order valence-corrected chi connectivity index (χ4v) is 7.31. The molecule has 0 bridgehead atoms. The van der Waals surface area contributed by atoms with Gasteiger partial charge in [-0.3, -0.25) is 0 Å². The van der Waals surface area contributed by atoms with Gasteiger partial charge < -0.3 is 104 Å². The van der Waals surface area contributed by atoms with Crippen LogP contribution in [0.4, 0.5) is 0 Å². The Balaban J connectivity index is 1.23. The molecule has 4 heterocycles. The summed E-state index contributed by atoms with van der Waals surface area (Å²) in [5.74, 6) is -1.98. The molecular weight excluding hydrogens is 856 g/mol. The lowest BCUT2D eigenvalue weighted by Crippen LogP contribution is -2.64. The van der Waals surface area contributed by atoms with Gasteiger partial charge in [0.05, 0.1) is 18.8 Å². The van der Waals surface area contributed by atoms with Gasteiger partial charge >= 0.3 is 5.97 Å². The highest BCUT2D eigenvalue weighted by Crippen LogP contribution is 2.46. The molecular formula is C42H48O22. The molecule has 4 aliphatic heterocycles. The topological polar surface area (TPSA) is 354 Å². The van der Waals surface area contributed by atoms with Crippen LogP contribution in [-0.4, -0.2) is 184 Å². The first kappa shape index (κ1) is 46.8. The van der Waals surface area contributed by atoms with Crippen molar-refractivity contribution < 1.29 is 109 Å². The highest BCUT2D eigenvalue weighted by Gasteiger charge is 2.52. The molecule has 16 atom stereocenters. The molecule has 0 amide bonds. The highest BCUT2D eigenvalue weighted by molar-refractivity contribution is 5.87. The Morgan fingerprint density at radius 2 is 1.17 bits per heavy atom.